The lowest BCUT2D eigenvalue weighted by molar-refractivity contribution is 0.0189. The number of rotatable bonds is 27. The van der Waals surface area contributed by atoms with Crippen LogP contribution >= 0.6 is 69.6 Å². The monoisotopic (exact) mass is 1740 g/mol. The highest BCUT2D eigenvalue weighted by Gasteiger charge is 2.29. The van der Waals surface area contributed by atoms with Gasteiger partial charge in [-0.3, -0.25) is 4.98 Å². The molecule has 0 fully saturated rings. The van der Waals surface area contributed by atoms with Gasteiger partial charge in [0.15, 0.2) is 6.10 Å². The molecule has 8 aromatic rings. The molecule has 0 bridgehead atoms. The fourth-order valence-corrected chi connectivity index (χ4v) is 13.7. The zero-order valence-corrected chi connectivity index (χ0v) is 76.9. The van der Waals surface area contributed by atoms with E-state index in [2.05, 4.69) is 44.5 Å². The number of hydrogen-bond donors (Lipinski definition) is 2. The van der Waals surface area contributed by atoms with Crippen LogP contribution in [-0.4, -0.2) is 75.9 Å². The molecule has 0 spiro atoms. The standard InChI is InChI=1S/C19H20ClNO2.C18H19ClO3.C17H23ClO2.C16H21ClO2.C14H17ClO2.C13H15ClO4/c1-5-7-16(15-8-6-9-21-11-15)23-19(22)17-12(2)10-13(3)18(20)14(17)4;1-5-7-15(14-8-6-9-21-14)22-18(20)16-11(2)10-12(3)17(19)13(16)4;1-7-8-14(10(2)3)20-17(19)15-11(4)9-12(5)16(18)13(15)6;1-7-9(2)13(6)19-16(18)14-10(3)8-11(4)15(17)12(14)5;1-5-6-7-17-14(16)12-9(2)8-10(3)13(15)11(12)4;1-4-5-7(2)18-13(17)11-8(3)12(14)10(16)6-9(11)15/h5-6,8-11,16H,1,7H2,2-4H3;5-6,8-10,15H,1,7H2,2-4H3;7,9-10,14H,1,8H2,2-6H3;7-9,13H,1H2,2-6H3;5,8H,1,6-7H2,2-4H3;4,6-7,15-16H,1,5H2,2-3H3/t16-;15-;14-;9-,13+;;7-/m1000.1/s1. The Morgan fingerprint density at radius 3 is 1.14 bits per heavy atom. The number of ether oxygens (including phenoxy) is 6. The van der Waals surface area contributed by atoms with Gasteiger partial charge in [0.1, 0.15) is 47.2 Å². The third kappa shape index (κ3) is 29.3. The van der Waals surface area contributed by atoms with Crippen molar-refractivity contribution in [3.63, 3.8) is 0 Å². The summed E-state index contributed by atoms with van der Waals surface area (Å²) in [7, 11) is 0. The molecule has 0 radical (unpaired) electrons. The second kappa shape index (κ2) is 49.8. The SMILES string of the molecule is C=CCCOC(=O)c1c(C)cc(C)c(Cl)c1C.C=CC[C@@H](C)OC(=O)c1c(O)cc(O)c(Cl)c1C.C=CC[C@@H](OC(=O)c1c(C)cc(C)c(Cl)c1C)c1cccnc1.C=CC[C@H](OC(=O)c1c(C)cc(C)c(Cl)c1C)C(C)C.C=CC[C@H](OC(=O)c1c(C)cc(C)c(Cl)c1C)c1ccco1.C=C[C@H](C)[C@@H](C)OC(=O)c1c(C)cc(C)c(Cl)c1C. The first-order valence-electron chi connectivity index (χ1n) is 38.7. The fourth-order valence-electron chi connectivity index (χ4n) is 12.8. The summed E-state index contributed by atoms with van der Waals surface area (Å²) in [5.41, 5.74) is 16.9. The van der Waals surface area contributed by atoms with Crippen LogP contribution in [0.5, 0.6) is 11.5 Å². The first-order valence-corrected chi connectivity index (χ1v) is 41.0. The number of pyridine rings is 1. The molecule has 0 aliphatic heterocycles. The third-order valence-corrected chi connectivity index (χ3v) is 22.8. The van der Waals surface area contributed by atoms with E-state index >= 15 is 0 Å². The van der Waals surface area contributed by atoms with E-state index in [0.717, 1.165) is 95.1 Å². The van der Waals surface area contributed by atoms with E-state index in [1.54, 1.807) is 74.2 Å². The molecule has 6 atom stereocenters. The minimum atomic E-state index is -0.679. The molecule has 6 aromatic carbocycles. The summed E-state index contributed by atoms with van der Waals surface area (Å²) in [6.45, 7) is 61.8. The van der Waals surface area contributed by atoms with Gasteiger partial charge in [0, 0.05) is 80.7 Å². The second-order valence-electron chi connectivity index (χ2n) is 29.4. The van der Waals surface area contributed by atoms with Crippen molar-refractivity contribution in [2.45, 2.75) is 208 Å². The maximum Gasteiger partial charge on any atom is 0.342 e. The number of nitrogens with zero attached hydrogens (tertiary/aromatic N) is 1. The average Bonchev–Trinajstić information content (AvgIpc) is 0.991. The Kier molecular flexibility index (Phi) is 43.3. The second-order valence-corrected chi connectivity index (χ2v) is 31.6. The van der Waals surface area contributed by atoms with Gasteiger partial charge in [-0.1, -0.05) is 163 Å². The largest absolute Gasteiger partial charge is 0.507 e. The number of furan rings is 1. The van der Waals surface area contributed by atoms with Gasteiger partial charge < -0.3 is 43.1 Å². The van der Waals surface area contributed by atoms with Gasteiger partial charge >= 0.3 is 35.8 Å². The Morgan fingerprint density at radius 1 is 0.412 bits per heavy atom. The van der Waals surface area contributed by atoms with Crippen LogP contribution in [0.2, 0.25) is 30.1 Å². The maximum atomic E-state index is 12.7. The van der Waals surface area contributed by atoms with E-state index < -0.39 is 24.1 Å². The van der Waals surface area contributed by atoms with Gasteiger partial charge in [0.25, 0.3) is 0 Å². The number of aromatic hydroxyl groups is 2. The van der Waals surface area contributed by atoms with Gasteiger partial charge in [0.2, 0.25) is 0 Å². The van der Waals surface area contributed by atoms with Gasteiger partial charge in [-0.2, -0.15) is 0 Å². The third-order valence-electron chi connectivity index (χ3n) is 19.4. The highest BCUT2D eigenvalue weighted by Crippen LogP contribution is 2.38. The van der Waals surface area contributed by atoms with Crippen molar-refractivity contribution < 1.29 is 71.8 Å². The average molecular weight is 1750 g/mol. The van der Waals surface area contributed by atoms with Gasteiger partial charge in [-0.15, -0.1) is 39.5 Å². The van der Waals surface area contributed by atoms with Gasteiger partial charge in [-0.05, 0) is 244 Å². The molecular weight excluding hydrogens is 1630 g/mol. The Morgan fingerprint density at radius 2 is 0.782 bits per heavy atom. The number of esters is 6. The van der Waals surface area contributed by atoms with E-state index in [4.69, 9.17) is 102 Å². The Bertz CT molecular complexity index is 4950. The highest BCUT2D eigenvalue weighted by molar-refractivity contribution is 6.35. The summed E-state index contributed by atoms with van der Waals surface area (Å²) < 4.78 is 38.0. The molecule has 2 N–H and O–H groups in total. The van der Waals surface area contributed by atoms with E-state index in [9.17, 15) is 39.0 Å². The first-order chi connectivity index (χ1) is 55.8. The Hall–Kier alpha value is -9.65. The lowest BCUT2D eigenvalue weighted by Crippen LogP contribution is -2.24. The van der Waals surface area contributed by atoms with Crippen molar-refractivity contribution in [3.05, 3.63) is 319 Å². The molecule has 0 unspecified atom stereocenters. The molecule has 2 heterocycles. The molecule has 16 nitrogen and oxygen atoms in total. The summed E-state index contributed by atoms with van der Waals surface area (Å²) in [5.74, 6) is -2.07. The predicted octanol–water partition coefficient (Wildman–Crippen LogP) is 27.3. The summed E-state index contributed by atoms with van der Waals surface area (Å²) in [6.07, 6.45) is 16.5. The minimum absolute atomic E-state index is 0.0242. The Labute approximate surface area is 734 Å². The summed E-state index contributed by atoms with van der Waals surface area (Å²) in [5, 5.41) is 22.2. The molecule has 0 amide bonds. The van der Waals surface area contributed by atoms with Crippen molar-refractivity contribution in [3.8, 4) is 11.5 Å². The topological polar surface area (TPSA) is 224 Å². The predicted molar refractivity (Wildman–Crippen MR) is 485 cm³/mol. The number of halogens is 6. The number of benzene rings is 6. The highest BCUT2D eigenvalue weighted by atomic mass is 35.5. The lowest BCUT2D eigenvalue weighted by atomic mass is 9.99. The van der Waals surface area contributed by atoms with Crippen molar-refractivity contribution in [1.29, 1.82) is 0 Å². The fraction of sp³-hybridized carbons (Fsp3) is 0.351. The van der Waals surface area contributed by atoms with E-state index in [0.29, 0.717) is 97.4 Å². The van der Waals surface area contributed by atoms with Gasteiger partial charge in [-0.25, -0.2) is 28.8 Å². The van der Waals surface area contributed by atoms with Crippen LogP contribution in [0, 0.1) is 123 Å². The van der Waals surface area contributed by atoms with Crippen LogP contribution in [-0.2, 0) is 28.4 Å². The number of phenolic OH excluding ortho intramolecular Hbond substituents is 2. The van der Waals surface area contributed by atoms with Gasteiger partial charge in [0.05, 0.1) is 45.7 Å². The number of hydrogen-bond acceptors (Lipinski definition) is 16. The number of aromatic nitrogens is 1. The number of aryl methyl sites for hydroxylation is 10. The van der Waals surface area contributed by atoms with Crippen molar-refractivity contribution >= 4 is 105 Å². The summed E-state index contributed by atoms with van der Waals surface area (Å²) >= 11 is 36.9. The molecule has 22 heteroatoms. The van der Waals surface area contributed by atoms with Crippen LogP contribution < -0.4 is 0 Å². The minimum Gasteiger partial charge on any atom is -0.507 e. The summed E-state index contributed by atoms with van der Waals surface area (Å²) in [4.78, 5) is 77.8. The van der Waals surface area contributed by atoms with Crippen molar-refractivity contribution in [2.75, 3.05) is 6.61 Å². The van der Waals surface area contributed by atoms with Crippen LogP contribution in [0.3, 0.4) is 0 Å². The summed E-state index contributed by atoms with van der Waals surface area (Å²) in [6, 6.07) is 17.8. The number of carbonyl (C=O) groups is 6. The molecule has 0 saturated carbocycles. The van der Waals surface area contributed by atoms with E-state index in [1.807, 2.05) is 174 Å². The molecular formula is C97H115Cl6NO15. The van der Waals surface area contributed by atoms with E-state index in [1.165, 1.54) is 6.92 Å². The van der Waals surface area contributed by atoms with Crippen LogP contribution in [0.1, 0.15) is 241 Å². The Balaban J connectivity index is 0.000000370. The first kappa shape index (κ1) is 104. The molecule has 8 rings (SSSR count). The zero-order chi connectivity index (χ0) is 90.3. The van der Waals surface area contributed by atoms with Crippen LogP contribution in [0.4, 0.5) is 0 Å². The number of carbonyl (C=O) groups excluding carboxylic acids is 6. The molecule has 2 aromatic heterocycles. The zero-order valence-electron chi connectivity index (χ0n) is 72.4. The van der Waals surface area contributed by atoms with Crippen LogP contribution in [0.15, 0.2) is 160 Å². The molecule has 640 valence electrons. The quantitative estimate of drug-likeness (QED) is 0.0211. The van der Waals surface area contributed by atoms with Crippen molar-refractivity contribution in [2.24, 2.45) is 11.8 Å². The van der Waals surface area contributed by atoms with Crippen LogP contribution in [0.25, 0.3) is 0 Å². The normalized spacial score (nSPS) is 12.0. The van der Waals surface area contributed by atoms with Crippen molar-refractivity contribution in [1.82, 2.24) is 4.98 Å². The molecule has 0 aliphatic rings. The lowest BCUT2D eigenvalue weighted by Gasteiger charge is -2.21. The molecule has 0 aliphatic carbocycles. The molecule has 0 saturated heterocycles. The number of phenols is 2. The van der Waals surface area contributed by atoms with E-state index in [-0.39, 0.29) is 81.7 Å². The smallest absolute Gasteiger partial charge is 0.342 e. The maximum absolute atomic E-state index is 12.7. The molecule has 119 heavy (non-hydrogen) atoms.